The molecular weight excluding hydrogens is 452 g/mol. The van der Waals surface area contributed by atoms with Gasteiger partial charge in [0.1, 0.15) is 23.0 Å². The Kier molecular flexibility index (Phi) is 7.01. The average molecular weight is 485 g/mol. The number of anilines is 1. The number of piperazine rings is 1. The number of rotatable bonds is 7. The molecule has 1 fully saturated rings. The molecule has 0 radical (unpaired) electrons. The minimum atomic E-state index is -0.0719. The molecule has 10 heteroatoms. The van der Waals surface area contributed by atoms with Crippen LogP contribution in [-0.2, 0) is 20.1 Å². The Morgan fingerprint density at radius 2 is 1.94 bits per heavy atom. The second kappa shape index (κ2) is 9.80. The van der Waals surface area contributed by atoms with Crippen molar-refractivity contribution in [3.05, 3.63) is 39.8 Å². The summed E-state index contributed by atoms with van der Waals surface area (Å²) in [6, 6.07) is 4.44. The summed E-state index contributed by atoms with van der Waals surface area (Å²) in [6.45, 7) is 11.3. The molecule has 0 unspecified atom stereocenters. The topological polar surface area (TPSA) is 87.9 Å². The van der Waals surface area contributed by atoms with Gasteiger partial charge in [-0.15, -0.1) is 0 Å². The Morgan fingerprint density at radius 1 is 1.21 bits per heavy atom. The molecule has 0 N–H and O–H groups in total. The second-order valence-electron chi connectivity index (χ2n) is 9.00. The first kappa shape index (κ1) is 24.3. The normalized spacial score (nSPS) is 20.1. The Bertz CT molecular complexity index is 1270. The van der Waals surface area contributed by atoms with Gasteiger partial charge in [-0.25, -0.2) is 4.98 Å². The van der Waals surface area contributed by atoms with Crippen LogP contribution in [-0.4, -0.2) is 54.0 Å². The molecule has 3 aromatic heterocycles. The molecule has 182 valence electrons. The number of nitriles is 1. The summed E-state index contributed by atoms with van der Waals surface area (Å²) >= 11 is 6.24. The standard InChI is InChI=1S/C24H33ClN8O/c1-6-17-13-33(19-11-22(34)29(5)20-14-31(10-9-26)28-23(19)20)18(7-2)12-32(17)16(4)24-27-21(25)15-30(24)8-3/h11,14-18H,6-8,10,12-13H2,1-5H3/t16-,17+,18-/m0/s1. The molecule has 4 rings (SSSR count). The van der Waals surface area contributed by atoms with Gasteiger partial charge in [-0.2, -0.15) is 10.4 Å². The summed E-state index contributed by atoms with van der Waals surface area (Å²) in [5, 5.41) is 14.3. The minimum absolute atomic E-state index is 0.0719. The zero-order chi connectivity index (χ0) is 24.6. The minimum Gasteiger partial charge on any atom is -0.364 e. The van der Waals surface area contributed by atoms with Crippen LogP contribution in [0.2, 0.25) is 5.15 Å². The van der Waals surface area contributed by atoms with Crippen molar-refractivity contribution in [1.82, 2.24) is 28.8 Å². The van der Waals surface area contributed by atoms with Gasteiger partial charge in [0, 0.05) is 51.0 Å². The van der Waals surface area contributed by atoms with Crippen molar-refractivity contribution in [2.45, 2.75) is 71.8 Å². The van der Waals surface area contributed by atoms with E-state index in [9.17, 15) is 4.79 Å². The van der Waals surface area contributed by atoms with E-state index in [0.717, 1.165) is 55.0 Å². The first-order chi connectivity index (χ1) is 16.3. The van der Waals surface area contributed by atoms with E-state index < -0.39 is 0 Å². The summed E-state index contributed by atoms with van der Waals surface area (Å²) < 4.78 is 5.34. The summed E-state index contributed by atoms with van der Waals surface area (Å²) in [7, 11) is 1.75. The predicted octanol–water partition coefficient (Wildman–Crippen LogP) is 3.57. The second-order valence-corrected chi connectivity index (χ2v) is 9.39. The molecule has 4 heterocycles. The summed E-state index contributed by atoms with van der Waals surface area (Å²) in [4.78, 5) is 22.3. The van der Waals surface area contributed by atoms with Gasteiger partial charge in [0.05, 0.1) is 29.5 Å². The molecule has 1 aliphatic rings. The average Bonchev–Trinajstić information content (AvgIpc) is 3.43. The fraction of sp³-hybridized carbons (Fsp3) is 0.583. The number of nitrogens with zero attached hydrogens (tertiary/aromatic N) is 8. The number of hydrogen-bond acceptors (Lipinski definition) is 6. The van der Waals surface area contributed by atoms with Crippen molar-refractivity contribution < 1.29 is 0 Å². The Morgan fingerprint density at radius 3 is 2.59 bits per heavy atom. The first-order valence-electron chi connectivity index (χ1n) is 12.0. The number of hydrogen-bond donors (Lipinski definition) is 0. The van der Waals surface area contributed by atoms with E-state index in [0.29, 0.717) is 5.15 Å². The number of fused-ring (bicyclic) bond motifs is 1. The van der Waals surface area contributed by atoms with Crippen molar-refractivity contribution in [2.75, 3.05) is 18.0 Å². The molecule has 1 aliphatic heterocycles. The maximum Gasteiger partial charge on any atom is 0.252 e. The Balaban J connectivity index is 1.73. The van der Waals surface area contributed by atoms with E-state index >= 15 is 0 Å². The fourth-order valence-corrected chi connectivity index (χ4v) is 5.40. The maximum absolute atomic E-state index is 12.8. The number of aromatic nitrogens is 5. The lowest BCUT2D eigenvalue weighted by Gasteiger charge is -2.49. The van der Waals surface area contributed by atoms with E-state index in [-0.39, 0.29) is 30.2 Å². The van der Waals surface area contributed by atoms with Crippen LogP contribution in [0, 0.1) is 11.3 Å². The Labute approximate surface area is 205 Å². The first-order valence-corrected chi connectivity index (χ1v) is 12.4. The van der Waals surface area contributed by atoms with Crippen molar-refractivity contribution in [3.63, 3.8) is 0 Å². The van der Waals surface area contributed by atoms with Crippen LogP contribution in [0.5, 0.6) is 0 Å². The van der Waals surface area contributed by atoms with Crippen LogP contribution in [0.1, 0.15) is 52.4 Å². The number of pyridine rings is 1. The molecule has 1 saturated heterocycles. The highest BCUT2D eigenvalue weighted by molar-refractivity contribution is 6.29. The molecule has 0 aliphatic carbocycles. The lowest BCUT2D eigenvalue weighted by Crippen LogP contribution is -2.59. The maximum atomic E-state index is 12.8. The van der Waals surface area contributed by atoms with Crippen LogP contribution in [0.3, 0.4) is 0 Å². The van der Waals surface area contributed by atoms with Crippen LogP contribution >= 0.6 is 11.6 Å². The third-order valence-electron chi connectivity index (χ3n) is 7.15. The molecule has 0 spiro atoms. The van der Waals surface area contributed by atoms with E-state index in [4.69, 9.17) is 16.9 Å². The summed E-state index contributed by atoms with van der Waals surface area (Å²) in [6.07, 6.45) is 5.58. The van der Waals surface area contributed by atoms with Crippen molar-refractivity contribution in [2.24, 2.45) is 7.05 Å². The highest BCUT2D eigenvalue weighted by atomic mass is 35.5. The highest BCUT2D eigenvalue weighted by Crippen LogP contribution is 2.34. The van der Waals surface area contributed by atoms with Gasteiger partial charge in [0.2, 0.25) is 0 Å². The van der Waals surface area contributed by atoms with E-state index in [1.54, 1.807) is 28.6 Å². The van der Waals surface area contributed by atoms with Crippen LogP contribution in [0.15, 0.2) is 23.3 Å². The SMILES string of the molecule is CC[C@H]1CN([C@@H](C)c2nc(Cl)cn2CC)[C@H](CC)CN1c1cc(=O)n(C)c2cn(CC#N)nc12. The lowest BCUT2D eigenvalue weighted by molar-refractivity contribution is 0.0951. The van der Waals surface area contributed by atoms with Gasteiger partial charge >= 0.3 is 0 Å². The van der Waals surface area contributed by atoms with Gasteiger partial charge in [-0.05, 0) is 26.7 Å². The van der Waals surface area contributed by atoms with Gasteiger partial charge < -0.3 is 14.0 Å². The largest absolute Gasteiger partial charge is 0.364 e. The van der Waals surface area contributed by atoms with Crippen LogP contribution in [0.4, 0.5) is 5.69 Å². The quantitative estimate of drug-likeness (QED) is 0.509. The monoisotopic (exact) mass is 484 g/mol. The van der Waals surface area contributed by atoms with Crippen LogP contribution in [0.25, 0.3) is 11.0 Å². The third-order valence-corrected chi connectivity index (χ3v) is 7.33. The van der Waals surface area contributed by atoms with Gasteiger partial charge in [-0.3, -0.25) is 14.4 Å². The predicted molar refractivity (Wildman–Crippen MR) is 134 cm³/mol. The molecule has 9 nitrogen and oxygen atoms in total. The van der Waals surface area contributed by atoms with E-state index in [1.807, 2.05) is 6.20 Å². The molecular formula is C24H33ClN8O. The molecule has 0 amide bonds. The van der Waals surface area contributed by atoms with Crippen molar-refractivity contribution in [3.8, 4) is 6.07 Å². The van der Waals surface area contributed by atoms with Crippen molar-refractivity contribution >= 4 is 28.3 Å². The van der Waals surface area contributed by atoms with Crippen LogP contribution < -0.4 is 10.5 Å². The van der Waals surface area contributed by atoms with E-state index in [1.165, 1.54) is 0 Å². The molecule has 34 heavy (non-hydrogen) atoms. The third kappa shape index (κ3) is 4.21. The zero-order valence-corrected chi connectivity index (χ0v) is 21.3. The summed E-state index contributed by atoms with van der Waals surface area (Å²) in [5.41, 5.74) is 2.29. The Hall–Kier alpha value is -2.83. The number of aryl methyl sites for hydroxylation is 2. The van der Waals surface area contributed by atoms with Gasteiger partial charge in [-0.1, -0.05) is 25.4 Å². The van der Waals surface area contributed by atoms with E-state index in [2.05, 4.69) is 58.2 Å². The molecule has 3 atom stereocenters. The molecule has 0 bridgehead atoms. The van der Waals surface area contributed by atoms with Gasteiger partial charge in [0.25, 0.3) is 5.56 Å². The molecule has 0 saturated carbocycles. The number of imidazole rings is 1. The molecule has 0 aromatic carbocycles. The highest BCUT2D eigenvalue weighted by Gasteiger charge is 2.37. The zero-order valence-electron chi connectivity index (χ0n) is 20.6. The van der Waals surface area contributed by atoms with Crippen molar-refractivity contribution in [1.29, 1.82) is 5.26 Å². The lowest BCUT2D eigenvalue weighted by atomic mass is 9.99. The number of halogens is 1. The van der Waals surface area contributed by atoms with Gasteiger partial charge in [0.15, 0.2) is 0 Å². The fourth-order valence-electron chi connectivity index (χ4n) is 5.20. The summed E-state index contributed by atoms with van der Waals surface area (Å²) in [5.74, 6) is 0.987. The molecule has 3 aromatic rings. The smallest absolute Gasteiger partial charge is 0.252 e.